The lowest BCUT2D eigenvalue weighted by molar-refractivity contribution is 0.296. The Labute approximate surface area is 90.1 Å². The van der Waals surface area contributed by atoms with Crippen molar-refractivity contribution in [3.05, 3.63) is 40.7 Å². The van der Waals surface area contributed by atoms with Crippen molar-refractivity contribution in [3.8, 4) is 5.75 Å². The molecular formula is C9H8FN3OS. The lowest BCUT2D eigenvalue weighted by atomic mass is 10.3. The van der Waals surface area contributed by atoms with Crippen molar-refractivity contribution >= 4 is 12.2 Å². The van der Waals surface area contributed by atoms with Gasteiger partial charge in [-0.1, -0.05) is 0 Å². The molecule has 1 aromatic carbocycles. The Morgan fingerprint density at radius 3 is 2.60 bits per heavy atom. The zero-order valence-corrected chi connectivity index (χ0v) is 8.47. The second-order valence-electron chi connectivity index (χ2n) is 2.86. The first kappa shape index (κ1) is 9.85. The number of aromatic nitrogens is 3. The third-order valence-electron chi connectivity index (χ3n) is 1.74. The SMILES string of the molecule is Fc1ccc(OCc2nc(=S)[nH][nH]2)cc1. The molecule has 2 aromatic rings. The van der Waals surface area contributed by atoms with Crippen LogP contribution in [0.2, 0.25) is 0 Å². The van der Waals surface area contributed by atoms with Crippen LogP contribution in [0, 0.1) is 10.6 Å². The highest BCUT2D eigenvalue weighted by atomic mass is 32.1. The second kappa shape index (κ2) is 4.22. The van der Waals surface area contributed by atoms with Crippen molar-refractivity contribution in [2.75, 3.05) is 0 Å². The maximum Gasteiger partial charge on any atom is 0.213 e. The molecule has 0 saturated carbocycles. The van der Waals surface area contributed by atoms with Crippen LogP contribution in [0.1, 0.15) is 5.82 Å². The van der Waals surface area contributed by atoms with E-state index in [2.05, 4.69) is 15.2 Å². The maximum atomic E-state index is 12.6. The molecule has 2 N–H and O–H groups in total. The molecular weight excluding hydrogens is 217 g/mol. The molecule has 0 unspecified atom stereocenters. The Morgan fingerprint density at radius 1 is 1.27 bits per heavy atom. The number of rotatable bonds is 3. The third kappa shape index (κ3) is 2.63. The minimum atomic E-state index is -0.290. The van der Waals surface area contributed by atoms with Crippen molar-refractivity contribution in [3.63, 3.8) is 0 Å². The summed E-state index contributed by atoms with van der Waals surface area (Å²) in [5.41, 5.74) is 0. The van der Waals surface area contributed by atoms with Crippen molar-refractivity contribution < 1.29 is 9.13 Å². The lowest BCUT2D eigenvalue weighted by Crippen LogP contribution is -1.97. The summed E-state index contributed by atoms with van der Waals surface area (Å²) in [5, 5.41) is 5.40. The highest BCUT2D eigenvalue weighted by Crippen LogP contribution is 2.11. The van der Waals surface area contributed by atoms with E-state index < -0.39 is 0 Å². The van der Waals surface area contributed by atoms with Crippen LogP contribution in [-0.2, 0) is 6.61 Å². The van der Waals surface area contributed by atoms with E-state index in [1.165, 1.54) is 12.1 Å². The molecule has 2 rings (SSSR count). The normalized spacial score (nSPS) is 10.2. The van der Waals surface area contributed by atoms with Crippen LogP contribution in [-0.4, -0.2) is 15.2 Å². The molecule has 0 bridgehead atoms. The molecule has 6 heteroatoms. The first-order valence-electron chi connectivity index (χ1n) is 4.26. The van der Waals surface area contributed by atoms with Gasteiger partial charge in [0.15, 0.2) is 5.82 Å². The fraction of sp³-hybridized carbons (Fsp3) is 0.111. The van der Waals surface area contributed by atoms with Crippen LogP contribution >= 0.6 is 12.2 Å². The molecule has 0 atom stereocenters. The van der Waals surface area contributed by atoms with Crippen LogP contribution in [0.5, 0.6) is 5.75 Å². The van der Waals surface area contributed by atoms with Gasteiger partial charge < -0.3 is 4.74 Å². The predicted octanol–water partition coefficient (Wildman–Crippen LogP) is 2.19. The van der Waals surface area contributed by atoms with Gasteiger partial charge in [-0.25, -0.2) is 9.37 Å². The summed E-state index contributed by atoms with van der Waals surface area (Å²) in [7, 11) is 0. The summed E-state index contributed by atoms with van der Waals surface area (Å²) in [5.74, 6) is 0.893. The van der Waals surface area contributed by atoms with Gasteiger partial charge in [0.05, 0.1) is 0 Å². The number of hydrogen-bond acceptors (Lipinski definition) is 3. The summed E-state index contributed by atoms with van der Waals surface area (Å²) in [6.07, 6.45) is 0. The number of benzene rings is 1. The fourth-order valence-electron chi connectivity index (χ4n) is 1.05. The average Bonchev–Trinajstić information content (AvgIpc) is 2.64. The predicted molar refractivity (Wildman–Crippen MR) is 54.5 cm³/mol. The molecule has 15 heavy (non-hydrogen) atoms. The Morgan fingerprint density at radius 2 is 2.00 bits per heavy atom. The summed E-state index contributed by atoms with van der Waals surface area (Å²) in [6, 6.07) is 5.78. The largest absolute Gasteiger partial charge is 0.486 e. The Bertz CT molecular complexity index is 491. The van der Waals surface area contributed by atoms with Gasteiger partial charge in [0.2, 0.25) is 4.77 Å². The van der Waals surface area contributed by atoms with E-state index in [0.29, 0.717) is 16.3 Å². The fourth-order valence-corrected chi connectivity index (χ4v) is 1.22. The topological polar surface area (TPSA) is 53.7 Å². The number of nitrogens with zero attached hydrogens (tertiary/aromatic N) is 1. The number of hydrogen-bond donors (Lipinski definition) is 2. The zero-order valence-electron chi connectivity index (χ0n) is 7.66. The molecule has 0 spiro atoms. The number of halogens is 1. The Hall–Kier alpha value is -1.69. The van der Waals surface area contributed by atoms with E-state index in [-0.39, 0.29) is 12.4 Å². The van der Waals surface area contributed by atoms with Gasteiger partial charge in [0, 0.05) is 0 Å². The van der Waals surface area contributed by atoms with E-state index >= 15 is 0 Å². The van der Waals surface area contributed by atoms with E-state index in [1.807, 2.05) is 0 Å². The summed E-state index contributed by atoms with van der Waals surface area (Å²) < 4.78 is 18.3. The quantitative estimate of drug-likeness (QED) is 0.787. The van der Waals surface area contributed by atoms with Crippen LogP contribution < -0.4 is 4.74 Å². The van der Waals surface area contributed by atoms with Gasteiger partial charge in [0.1, 0.15) is 18.2 Å². The van der Waals surface area contributed by atoms with E-state index in [0.717, 1.165) is 0 Å². The maximum absolute atomic E-state index is 12.6. The Balaban J connectivity index is 1.99. The first-order valence-corrected chi connectivity index (χ1v) is 4.67. The molecule has 0 aliphatic rings. The van der Waals surface area contributed by atoms with Gasteiger partial charge in [-0.15, -0.1) is 0 Å². The molecule has 0 radical (unpaired) electrons. The summed E-state index contributed by atoms with van der Waals surface area (Å²) in [6.45, 7) is 0.263. The minimum Gasteiger partial charge on any atom is -0.486 e. The number of H-pyrrole nitrogens is 2. The molecule has 0 aliphatic carbocycles. The third-order valence-corrected chi connectivity index (χ3v) is 1.93. The van der Waals surface area contributed by atoms with E-state index in [9.17, 15) is 4.39 Å². The van der Waals surface area contributed by atoms with Crippen molar-refractivity contribution in [1.82, 2.24) is 15.2 Å². The average molecular weight is 225 g/mol. The number of ether oxygens (including phenoxy) is 1. The molecule has 0 amide bonds. The molecule has 4 nitrogen and oxygen atoms in total. The van der Waals surface area contributed by atoms with Crippen LogP contribution in [0.25, 0.3) is 0 Å². The molecule has 0 saturated heterocycles. The van der Waals surface area contributed by atoms with Crippen molar-refractivity contribution in [2.45, 2.75) is 6.61 Å². The highest BCUT2D eigenvalue weighted by molar-refractivity contribution is 7.71. The van der Waals surface area contributed by atoms with Gasteiger partial charge >= 0.3 is 0 Å². The smallest absolute Gasteiger partial charge is 0.213 e. The first-order chi connectivity index (χ1) is 7.24. The second-order valence-corrected chi connectivity index (χ2v) is 3.24. The molecule has 78 valence electrons. The molecule has 0 aliphatic heterocycles. The van der Waals surface area contributed by atoms with E-state index in [4.69, 9.17) is 17.0 Å². The summed E-state index contributed by atoms with van der Waals surface area (Å²) >= 11 is 4.78. The molecule has 0 fully saturated rings. The number of aromatic amines is 2. The minimum absolute atomic E-state index is 0.263. The van der Waals surface area contributed by atoms with Crippen LogP contribution in [0.4, 0.5) is 4.39 Å². The van der Waals surface area contributed by atoms with Gasteiger partial charge in [-0.2, -0.15) is 0 Å². The van der Waals surface area contributed by atoms with Crippen molar-refractivity contribution in [2.24, 2.45) is 0 Å². The van der Waals surface area contributed by atoms with Crippen molar-refractivity contribution in [1.29, 1.82) is 0 Å². The zero-order chi connectivity index (χ0) is 10.7. The van der Waals surface area contributed by atoms with Gasteiger partial charge in [-0.3, -0.25) is 10.2 Å². The monoisotopic (exact) mass is 225 g/mol. The Kier molecular flexibility index (Phi) is 2.77. The number of nitrogens with one attached hydrogen (secondary N) is 2. The summed E-state index contributed by atoms with van der Waals surface area (Å²) in [4.78, 5) is 3.95. The van der Waals surface area contributed by atoms with Gasteiger partial charge in [-0.05, 0) is 36.5 Å². The molecule has 1 heterocycles. The molecule has 1 aromatic heterocycles. The highest BCUT2D eigenvalue weighted by Gasteiger charge is 1.98. The van der Waals surface area contributed by atoms with E-state index in [1.54, 1.807) is 12.1 Å². The standard InChI is InChI=1S/C9H8FN3OS/c10-6-1-3-7(4-2-6)14-5-8-11-9(15)13-12-8/h1-4H,5H2,(H2,11,12,13,15). The van der Waals surface area contributed by atoms with Crippen LogP contribution in [0.15, 0.2) is 24.3 Å². The lowest BCUT2D eigenvalue weighted by Gasteiger charge is -2.02. The van der Waals surface area contributed by atoms with Gasteiger partial charge in [0.25, 0.3) is 0 Å². The van der Waals surface area contributed by atoms with Crippen LogP contribution in [0.3, 0.4) is 0 Å².